The van der Waals surface area contributed by atoms with Gasteiger partial charge in [0.1, 0.15) is 5.75 Å². The third-order valence-electron chi connectivity index (χ3n) is 6.07. The fraction of sp³-hybridized carbons (Fsp3) is 0.519. The molecule has 1 fully saturated rings. The Morgan fingerprint density at radius 2 is 1.61 bits per heavy atom. The van der Waals surface area contributed by atoms with Gasteiger partial charge in [0.25, 0.3) is 0 Å². The number of aromatic nitrogens is 1. The number of halogens is 2. The van der Waals surface area contributed by atoms with Crippen molar-refractivity contribution < 1.29 is 13.5 Å². The predicted molar refractivity (Wildman–Crippen MR) is 121 cm³/mol. The van der Waals surface area contributed by atoms with Crippen molar-refractivity contribution in [2.24, 2.45) is 5.92 Å². The number of nitrogens with zero attached hydrogens (tertiary/aromatic N) is 1. The van der Waals surface area contributed by atoms with Crippen LogP contribution in [-0.2, 0) is 0 Å². The van der Waals surface area contributed by atoms with Crippen molar-refractivity contribution in [1.29, 1.82) is 0 Å². The maximum absolute atomic E-state index is 13.6. The fourth-order valence-electron chi connectivity index (χ4n) is 4.16. The maximum Gasteiger partial charge on any atom is 0.231 e. The van der Waals surface area contributed by atoms with Crippen LogP contribution in [-0.4, -0.2) is 11.6 Å². The third kappa shape index (κ3) is 7.65. The summed E-state index contributed by atoms with van der Waals surface area (Å²) in [5.41, 5.74) is 1.52. The number of unbranched alkanes of at least 4 members (excludes halogenated alkanes) is 5. The minimum atomic E-state index is -0.833. The van der Waals surface area contributed by atoms with Crippen LogP contribution in [0, 0.1) is 29.7 Å². The first-order valence-electron chi connectivity index (χ1n) is 11.7. The summed E-state index contributed by atoms with van der Waals surface area (Å²) >= 11 is 0. The van der Waals surface area contributed by atoms with E-state index in [1.165, 1.54) is 43.7 Å². The molecule has 31 heavy (non-hydrogen) atoms. The molecule has 1 aromatic carbocycles. The Morgan fingerprint density at radius 3 is 2.32 bits per heavy atom. The normalized spacial score (nSPS) is 18.3. The Labute approximate surface area is 185 Å². The minimum Gasteiger partial charge on any atom is -0.494 e. The SMILES string of the molecule is CCCCCCCCOc1ccc(C2CCC(C#Cc3ccc(F)nc3F)CC2)cc1. The number of pyridine rings is 1. The summed E-state index contributed by atoms with van der Waals surface area (Å²) < 4.78 is 32.4. The van der Waals surface area contributed by atoms with E-state index < -0.39 is 11.9 Å². The van der Waals surface area contributed by atoms with Gasteiger partial charge in [0.05, 0.1) is 12.2 Å². The predicted octanol–water partition coefficient (Wildman–Crippen LogP) is 7.42. The van der Waals surface area contributed by atoms with E-state index in [2.05, 4.69) is 48.0 Å². The zero-order valence-corrected chi connectivity index (χ0v) is 18.5. The van der Waals surface area contributed by atoms with Gasteiger partial charge >= 0.3 is 0 Å². The van der Waals surface area contributed by atoms with Gasteiger partial charge in [-0.05, 0) is 67.9 Å². The van der Waals surface area contributed by atoms with Crippen molar-refractivity contribution in [2.75, 3.05) is 6.61 Å². The Hall–Kier alpha value is -2.41. The van der Waals surface area contributed by atoms with Crippen molar-refractivity contribution in [3.63, 3.8) is 0 Å². The fourth-order valence-corrected chi connectivity index (χ4v) is 4.16. The van der Waals surface area contributed by atoms with Crippen LogP contribution in [0.4, 0.5) is 8.78 Å². The summed E-state index contributed by atoms with van der Waals surface area (Å²) in [6.07, 6.45) is 11.7. The van der Waals surface area contributed by atoms with Crippen molar-refractivity contribution in [2.45, 2.75) is 77.0 Å². The van der Waals surface area contributed by atoms with Crippen LogP contribution in [0.5, 0.6) is 5.75 Å². The summed E-state index contributed by atoms with van der Waals surface area (Å²) in [6.45, 7) is 3.03. The van der Waals surface area contributed by atoms with Gasteiger partial charge in [0.15, 0.2) is 0 Å². The highest BCUT2D eigenvalue weighted by Crippen LogP contribution is 2.36. The van der Waals surface area contributed by atoms with Crippen LogP contribution < -0.4 is 4.74 Å². The number of hydrogen-bond acceptors (Lipinski definition) is 2. The molecule has 1 aliphatic rings. The molecule has 0 atom stereocenters. The lowest BCUT2D eigenvalue weighted by Crippen LogP contribution is -2.12. The molecule has 1 saturated carbocycles. The third-order valence-corrected chi connectivity index (χ3v) is 6.07. The van der Waals surface area contributed by atoms with E-state index >= 15 is 0 Å². The topological polar surface area (TPSA) is 22.1 Å². The van der Waals surface area contributed by atoms with Crippen LogP contribution in [0.1, 0.15) is 88.2 Å². The second kappa shape index (κ2) is 12.4. The van der Waals surface area contributed by atoms with Gasteiger partial charge in [-0.25, -0.2) is 0 Å². The molecular weight excluding hydrogens is 392 g/mol. The molecule has 2 aromatic rings. The molecule has 0 bridgehead atoms. The van der Waals surface area contributed by atoms with Crippen LogP contribution in [0.15, 0.2) is 36.4 Å². The molecule has 1 heterocycles. The van der Waals surface area contributed by atoms with Gasteiger partial charge < -0.3 is 4.74 Å². The quantitative estimate of drug-likeness (QED) is 0.237. The van der Waals surface area contributed by atoms with E-state index in [9.17, 15) is 8.78 Å². The van der Waals surface area contributed by atoms with Gasteiger partial charge in [-0.1, -0.05) is 63.0 Å². The van der Waals surface area contributed by atoms with Crippen molar-refractivity contribution >= 4 is 0 Å². The molecule has 3 rings (SSSR count). The second-order valence-corrected chi connectivity index (χ2v) is 8.48. The summed E-state index contributed by atoms with van der Waals surface area (Å²) in [7, 11) is 0. The largest absolute Gasteiger partial charge is 0.494 e. The zero-order chi connectivity index (χ0) is 21.9. The van der Waals surface area contributed by atoms with E-state index in [0.717, 1.165) is 50.5 Å². The van der Waals surface area contributed by atoms with Gasteiger partial charge in [-0.3, -0.25) is 0 Å². The molecule has 0 amide bonds. The Bertz CT molecular complexity index is 861. The molecule has 0 aliphatic heterocycles. The monoisotopic (exact) mass is 425 g/mol. The molecule has 2 nitrogen and oxygen atoms in total. The van der Waals surface area contributed by atoms with E-state index in [1.807, 2.05) is 0 Å². The van der Waals surface area contributed by atoms with Gasteiger partial charge in [0, 0.05) is 5.92 Å². The molecule has 0 radical (unpaired) electrons. The Morgan fingerprint density at radius 1 is 0.903 bits per heavy atom. The molecule has 4 heteroatoms. The lowest BCUT2D eigenvalue weighted by molar-refractivity contribution is 0.304. The van der Waals surface area contributed by atoms with Gasteiger partial charge in [-0.15, -0.1) is 0 Å². The Balaban J connectivity index is 1.40. The van der Waals surface area contributed by atoms with Crippen LogP contribution in [0.25, 0.3) is 0 Å². The zero-order valence-electron chi connectivity index (χ0n) is 18.5. The highest BCUT2D eigenvalue weighted by atomic mass is 19.1. The van der Waals surface area contributed by atoms with E-state index in [0.29, 0.717) is 5.92 Å². The highest BCUT2D eigenvalue weighted by Gasteiger charge is 2.21. The molecule has 1 aliphatic carbocycles. The molecule has 0 unspecified atom stereocenters. The molecular formula is C27H33F2NO. The summed E-state index contributed by atoms with van der Waals surface area (Å²) in [4.78, 5) is 3.19. The average Bonchev–Trinajstić information content (AvgIpc) is 2.79. The summed E-state index contributed by atoms with van der Waals surface area (Å²) in [5.74, 6) is 6.08. The standard InChI is InChI=1S/C27H33F2NO/c1-2-3-4-5-6-7-20-31-25-17-14-23(15-18-25)22-11-8-21(9-12-22)10-13-24-16-19-26(28)30-27(24)29/h14-19,21-22H,2-9,11-12,20H2,1H3. The smallest absolute Gasteiger partial charge is 0.231 e. The number of ether oxygens (including phenoxy) is 1. The van der Waals surface area contributed by atoms with Crippen LogP contribution in [0.2, 0.25) is 0 Å². The van der Waals surface area contributed by atoms with Gasteiger partial charge in [0.2, 0.25) is 11.9 Å². The number of rotatable bonds is 9. The van der Waals surface area contributed by atoms with Crippen LogP contribution >= 0.6 is 0 Å². The van der Waals surface area contributed by atoms with Crippen molar-refractivity contribution in [1.82, 2.24) is 4.98 Å². The molecule has 1 aromatic heterocycles. The second-order valence-electron chi connectivity index (χ2n) is 8.48. The summed E-state index contributed by atoms with van der Waals surface area (Å²) in [6, 6.07) is 11.0. The minimum absolute atomic E-state index is 0.167. The van der Waals surface area contributed by atoms with E-state index in [4.69, 9.17) is 4.74 Å². The molecule has 0 N–H and O–H groups in total. The van der Waals surface area contributed by atoms with E-state index in [1.54, 1.807) is 0 Å². The molecule has 166 valence electrons. The lowest BCUT2D eigenvalue weighted by atomic mass is 9.79. The van der Waals surface area contributed by atoms with Crippen LogP contribution in [0.3, 0.4) is 0 Å². The van der Waals surface area contributed by atoms with E-state index in [-0.39, 0.29) is 11.5 Å². The lowest BCUT2D eigenvalue weighted by Gasteiger charge is -2.26. The molecule has 0 spiro atoms. The first-order chi connectivity index (χ1) is 15.2. The first kappa shape index (κ1) is 23.3. The van der Waals surface area contributed by atoms with Crippen molar-refractivity contribution in [3.05, 3.63) is 59.4 Å². The summed E-state index contributed by atoms with van der Waals surface area (Å²) in [5, 5.41) is 0. The highest BCUT2D eigenvalue weighted by molar-refractivity contribution is 5.34. The van der Waals surface area contributed by atoms with Gasteiger partial charge in [-0.2, -0.15) is 13.8 Å². The maximum atomic E-state index is 13.6. The van der Waals surface area contributed by atoms with Crippen molar-refractivity contribution in [3.8, 4) is 17.6 Å². The number of benzene rings is 1. The molecule has 0 saturated heterocycles. The Kier molecular flexibility index (Phi) is 9.34. The number of hydrogen-bond donors (Lipinski definition) is 0. The first-order valence-corrected chi connectivity index (χ1v) is 11.7. The average molecular weight is 426 g/mol.